The van der Waals surface area contributed by atoms with Crippen LogP contribution in [0.2, 0.25) is 0 Å². The van der Waals surface area contributed by atoms with Crippen molar-refractivity contribution in [3.8, 4) is 5.88 Å². The molecule has 0 aliphatic heterocycles. The summed E-state index contributed by atoms with van der Waals surface area (Å²) in [5.74, 6) is 0.0505. The number of amides is 1. The van der Waals surface area contributed by atoms with Crippen molar-refractivity contribution in [2.45, 2.75) is 6.92 Å². The smallest absolute Gasteiger partial charge is 0.274 e. The highest BCUT2D eigenvalue weighted by Crippen LogP contribution is 2.20. The Morgan fingerprint density at radius 3 is 2.79 bits per heavy atom. The molecule has 0 unspecified atom stereocenters. The first kappa shape index (κ1) is 13.5. The molecule has 0 aliphatic carbocycles. The number of anilines is 1. The Balaban J connectivity index is 2.18. The van der Waals surface area contributed by atoms with Crippen LogP contribution in [-0.2, 0) is 0 Å². The summed E-state index contributed by atoms with van der Waals surface area (Å²) in [5, 5.41) is 2.77. The third-order valence-electron chi connectivity index (χ3n) is 2.50. The highest BCUT2D eigenvalue weighted by molar-refractivity contribution is 9.10. The first-order valence-electron chi connectivity index (χ1n) is 5.53. The summed E-state index contributed by atoms with van der Waals surface area (Å²) < 4.78 is 5.95. The van der Waals surface area contributed by atoms with E-state index < -0.39 is 0 Å². The molecule has 19 heavy (non-hydrogen) atoms. The molecule has 1 amide bonds. The summed E-state index contributed by atoms with van der Waals surface area (Å²) >= 11 is 3.41. The summed E-state index contributed by atoms with van der Waals surface area (Å²) in [6.07, 6.45) is 1.29. The Bertz CT molecular complexity index is 617. The molecule has 0 radical (unpaired) electrons. The maximum absolute atomic E-state index is 12.0. The second-order valence-electron chi connectivity index (χ2n) is 3.86. The zero-order valence-corrected chi connectivity index (χ0v) is 12.1. The molecule has 1 aromatic heterocycles. The number of aromatic nitrogens is 2. The standard InChI is InChI=1S/C13H12BrN3O2/c1-8-5-9(3-4-10(8)14)17-13(18)11-6-12(19-2)16-7-15-11/h3-7H,1-2H3,(H,17,18). The van der Waals surface area contributed by atoms with E-state index in [1.807, 2.05) is 25.1 Å². The average Bonchev–Trinajstić information content (AvgIpc) is 2.43. The van der Waals surface area contributed by atoms with E-state index >= 15 is 0 Å². The van der Waals surface area contributed by atoms with E-state index in [0.29, 0.717) is 11.6 Å². The highest BCUT2D eigenvalue weighted by atomic mass is 79.9. The van der Waals surface area contributed by atoms with Gasteiger partial charge in [0, 0.05) is 16.2 Å². The topological polar surface area (TPSA) is 64.1 Å². The van der Waals surface area contributed by atoms with Crippen molar-refractivity contribution >= 4 is 27.5 Å². The molecular weight excluding hydrogens is 310 g/mol. The van der Waals surface area contributed by atoms with E-state index in [4.69, 9.17) is 4.74 Å². The number of carbonyl (C=O) groups is 1. The molecule has 2 aromatic rings. The Morgan fingerprint density at radius 1 is 1.32 bits per heavy atom. The van der Waals surface area contributed by atoms with E-state index in [0.717, 1.165) is 10.0 Å². The van der Waals surface area contributed by atoms with Gasteiger partial charge in [-0.1, -0.05) is 15.9 Å². The molecule has 1 heterocycles. The van der Waals surface area contributed by atoms with Crippen molar-refractivity contribution in [2.75, 3.05) is 12.4 Å². The summed E-state index contributed by atoms with van der Waals surface area (Å²) in [6, 6.07) is 7.06. The van der Waals surface area contributed by atoms with Gasteiger partial charge in [-0.2, -0.15) is 0 Å². The van der Waals surface area contributed by atoms with Crippen LogP contribution >= 0.6 is 15.9 Å². The zero-order chi connectivity index (χ0) is 13.8. The minimum Gasteiger partial charge on any atom is -0.481 e. The lowest BCUT2D eigenvalue weighted by atomic mass is 10.2. The van der Waals surface area contributed by atoms with E-state index in [9.17, 15) is 4.79 Å². The predicted octanol–water partition coefficient (Wildman–Crippen LogP) is 2.81. The predicted molar refractivity (Wildman–Crippen MR) is 75.4 cm³/mol. The lowest BCUT2D eigenvalue weighted by Gasteiger charge is -2.07. The van der Waals surface area contributed by atoms with Gasteiger partial charge in [0.05, 0.1) is 7.11 Å². The number of benzene rings is 1. The van der Waals surface area contributed by atoms with Crippen molar-refractivity contribution < 1.29 is 9.53 Å². The monoisotopic (exact) mass is 321 g/mol. The van der Waals surface area contributed by atoms with Crippen LogP contribution in [0.25, 0.3) is 0 Å². The number of hydrogen-bond acceptors (Lipinski definition) is 4. The van der Waals surface area contributed by atoms with Gasteiger partial charge in [0.1, 0.15) is 12.0 Å². The number of rotatable bonds is 3. The first-order valence-corrected chi connectivity index (χ1v) is 6.33. The van der Waals surface area contributed by atoms with Crippen LogP contribution in [0, 0.1) is 6.92 Å². The van der Waals surface area contributed by atoms with E-state index in [-0.39, 0.29) is 11.6 Å². The lowest BCUT2D eigenvalue weighted by molar-refractivity contribution is 0.102. The largest absolute Gasteiger partial charge is 0.481 e. The number of aryl methyl sites for hydroxylation is 1. The summed E-state index contributed by atoms with van der Waals surface area (Å²) in [4.78, 5) is 19.8. The fourth-order valence-corrected chi connectivity index (χ4v) is 1.74. The summed E-state index contributed by atoms with van der Waals surface area (Å²) in [5.41, 5.74) is 2.01. The molecule has 0 fully saturated rings. The molecule has 98 valence electrons. The van der Waals surface area contributed by atoms with Crippen LogP contribution in [0.5, 0.6) is 5.88 Å². The normalized spacial score (nSPS) is 10.1. The summed E-state index contributed by atoms with van der Waals surface area (Å²) in [6.45, 7) is 1.95. The Labute approximate surface area is 119 Å². The molecule has 1 N–H and O–H groups in total. The van der Waals surface area contributed by atoms with E-state index in [1.165, 1.54) is 19.5 Å². The van der Waals surface area contributed by atoms with E-state index in [1.54, 1.807) is 0 Å². The third-order valence-corrected chi connectivity index (χ3v) is 3.39. The van der Waals surface area contributed by atoms with Crippen molar-refractivity contribution in [1.29, 1.82) is 0 Å². The third kappa shape index (κ3) is 3.29. The van der Waals surface area contributed by atoms with Crippen LogP contribution in [0.15, 0.2) is 35.1 Å². The number of ether oxygens (including phenoxy) is 1. The molecular formula is C13H12BrN3O2. The second-order valence-corrected chi connectivity index (χ2v) is 4.72. The number of carbonyl (C=O) groups excluding carboxylic acids is 1. The van der Waals surface area contributed by atoms with Crippen molar-refractivity contribution in [2.24, 2.45) is 0 Å². The Morgan fingerprint density at radius 2 is 2.11 bits per heavy atom. The molecule has 6 heteroatoms. The maximum Gasteiger partial charge on any atom is 0.274 e. The molecule has 0 saturated heterocycles. The van der Waals surface area contributed by atoms with Gasteiger partial charge in [-0.3, -0.25) is 4.79 Å². The number of halogens is 1. The second kappa shape index (κ2) is 5.79. The fraction of sp³-hybridized carbons (Fsp3) is 0.154. The molecule has 5 nitrogen and oxygen atoms in total. The van der Waals surface area contributed by atoms with Crippen LogP contribution < -0.4 is 10.1 Å². The van der Waals surface area contributed by atoms with Gasteiger partial charge < -0.3 is 10.1 Å². The molecule has 0 aliphatic rings. The number of nitrogens with zero attached hydrogens (tertiary/aromatic N) is 2. The van der Waals surface area contributed by atoms with Crippen molar-refractivity contribution in [3.63, 3.8) is 0 Å². The Kier molecular flexibility index (Phi) is 4.11. The van der Waals surface area contributed by atoms with E-state index in [2.05, 4.69) is 31.2 Å². The summed E-state index contributed by atoms with van der Waals surface area (Å²) in [7, 11) is 1.49. The van der Waals surface area contributed by atoms with Gasteiger partial charge >= 0.3 is 0 Å². The van der Waals surface area contributed by atoms with Gasteiger partial charge in [0.15, 0.2) is 0 Å². The SMILES string of the molecule is COc1cc(C(=O)Nc2ccc(Br)c(C)c2)ncn1. The van der Waals surface area contributed by atoms with Crippen molar-refractivity contribution in [3.05, 3.63) is 46.3 Å². The molecule has 0 spiro atoms. The molecule has 0 saturated carbocycles. The number of methoxy groups -OCH3 is 1. The quantitative estimate of drug-likeness (QED) is 0.944. The van der Waals surface area contributed by atoms with Crippen LogP contribution in [0.4, 0.5) is 5.69 Å². The van der Waals surface area contributed by atoms with Crippen LogP contribution in [-0.4, -0.2) is 23.0 Å². The molecule has 0 atom stereocenters. The van der Waals surface area contributed by atoms with Crippen LogP contribution in [0.1, 0.15) is 16.1 Å². The van der Waals surface area contributed by atoms with Crippen molar-refractivity contribution in [1.82, 2.24) is 9.97 Å². The van der Waals surface area contributed by atoms with Crippen LogP contribution in [0.3, 0.4) is 0 Å². The minimum absolute atomic E-state index is 0.257. The van der Waals surface area contributed by atoms with Gasteiger partial charge in [-0.05, 0) is 30.7 Å². The van der Waals surface area contributed by atoms with Gasteiger partial charge in [-0.15, -0.1) is 0 Å². The average molecular weight is 322 g/mol. The fourth-order valence-electron chi connectivity index (χ4n) is 1.49. The first-order chi connectivity index (χ1) is 9.10. The maximum atomic E-state index is 12.0. The molecule has 0 bridgehead atoms. The number of nitrogens with one attached hydrogen (secondary N) is 1. The Hall–Kier alpha value is -1.95. The minimum atomic E-state index is -0.303. The zero-order valence-electron chi connectivity index (χ0n) is 10.5. The van der Waals surface area contributed by atoms with Gasteiger partial charge in [0.25, 0.3) is 5.91 Å². The van der Waals surface area contributed by atoms with Gasteiger partial charge in [-0.25, -0.2) is 9.97 Å². The highest BCUT2D eigenvalue weighted by Gasteiger charge is 2.09. The molecule has 2 rings (SSSR count). The molecule has 1 aromatic carbocycles. The lowest BCUT2D eigenvalue weighted by Crippen LogP contribution is -2.14. The number of hydrogen-bond donors (Lipinski definition) is 1. The van der Waals surface area contributed by atoms with Gasteiger partial charge in [0.2, 0.25) is 5.88 Å².